The lowest BCUT2D eigenvalue weighted by molar-refractivity contribution is -0.141. The van der Waals surface area contributed by atoms with Crippen LogP contribution < -0.4 is 0 Å². The number of aryl methyl sites for hydroxylation is 1. The molecule has 6 heteroatoms. The average molecular weight is 297 g/mol. The first kappa shape index (κ1) is 15.4. The number of amides is 1. The summed E-state index contributed by atoms with van der Waals surface area (Å²) < 4.78 is 25.8. The molecule has 1 atom stereocenters. The summed E-state index contributed by atoms with van der Waals surface area (Å²) in [6.45, 7) is 0.736. The van der Waals surface area contributed by atoms with Crippen molar-refractivity contribution in [3.8, 4) is 0 Å². The van der Waals surface area contributed by atoms with Gasteiger partial charge in [0, 0.05) is 19.5 Å². The number of rotatable bonds is 5. The summed E-state index contributed by atoms with van der Waals surface area (Å²) in [5, 5.41) is 8.88. The molecule has 1 aromatic rings. The molecule has 0 aliphatic carbocycles. The molecular formula is C15H17F2NO3. The van der Waals surface area contributed by atoms with Gasteiger partial charge in [0.25, 0.3) is 0 Å². The van der Waals surface area contributed by atoms with Crippen LogP contribution in [0.25, 0.3) is 0 Å². The van der Waals surface area contributed by atoms with Crippen LogP contribution in [0.15, 0.2) is 18.2 Å². The second-order valence-corrected chi connectivity index (χ2v) is 5.27. The summed E-state index contributed by atoms with van der Waals surface area (Å²) in [5.74, 6) is -3.19. The van der Waals surface area contributed by atoms with Crippen molar-refractivity contribution in [3.63, 3.8) is 0 Å². The number of benzene rings is 1. The maximum absolute atomic E-state index is 13.0. The van der Waals surface area contributed by atoms with Gasteiger partial charge in [-0.25, -0.2) is 8.78 Å². The van der Waals surface area contributed by atoms with Gasteiger partial charge in [-0.3, -0.25) is 9.59 Å². The Balaban J connectivity index is 1.77. The van der Waals surface area contributed by atoms with Gasteiger partial charge in [-0.15, -0.1) is 0 Å². The Labute approximate surface area is 121 Å². The normalized spacial score (nSPS) is 18.0. The lowest BCUT2D eigenvalue weighted by Gasteiger charge is -2.15. The summed E-state index contributed by atoms with van der Waals surface area (Å²) in [6, 6.07) is 3.71. The molecule has 0 aromatic heterocycles. The summed E-state index contributed by atoms with van der Waals surface area (Å²) in [5.41, 5.74) is 0.645. The van der Waals surface area contributed by atoms with Crippen molar-refractivity contribution in [2.24, 2.45) is 5.92 Å². The highest BCUT2D eigenvalue weighted by Crippen LogP contribution is 2.18. The second kappa shape index (κ2) is 6.65. The number of carboxylic acid groups (broad SMARTS) is 1. The smallest absolute Gasteiger partial charge is 0.308 e. The molecule has 0 bridgehead atoms. The van der Waals surface area contributed by atoms with Crippen LogP contribution in [0.3, 0.4) is 0 Å². The fraction of sp³-hybridized carbons (Fsp3) is 0.467. The fourth-order valence-electron chi connectivity index (χ4n) is 2.49. The van der Waals surface area contributed by atoms with Crippen molar-refractivity contribution in [2.45, 2.75) is 25.7 Å². The number of carbonyl (C=O) groups excluding carboxylic acids is 1. The van der Waals surface area contributed by atoms with E-state index in [-0.39, 0.29) is 18.9 Å². The Morgan fingerprint density at radius 3 is 2.67 bits per heavy atom. The van der Waals surface area contributed by atoms with Gasteiger partial charge in [0.2, 0.25) is 5.91 Å². The van der Waals surface area contributed by atoms with Crippen LogP contribution in [0.1, 0.15) is 24.8 Å². The Hall–Kier alpha value is -1.98. The largest absolute Gasteiger partial charge is 0.481 e. The van der Waals surface area contributed by atoms with E-state index in [1.807, 2.05) is 0 Å². The molecule has 1 aliphatic rings. The molecule has 114 valence electrons. The van der Waals surface area contributed by atoms with E-state index in [1.54, 1.807) is 4.90 Å². The standard InChI is InChI=1S/C15H17F2NO3/c16-12-5-4-10(8-13(12)17)2-1-3-14(19)18-7-6-11(9-18)15(20)21/h4-5,8,11H,1-3,6-7,9H2,(H,20,21). The highest BCUT2D eigenvalue weighted by Gasteiger charge is 2.30. The quantitative estimate of drug-likeness (QED) is 0.906. The van der Waals surface area contributed by atoms with Crippen molar-refractivity contribution >= 4 is 11.9 Å². The first-order chi connectivity index (χ1) is 9.97. The number of likely N-dealkylation sites (tertiary alicyclic amines) is 1. The van der Waals surface area contributed by atoms with Crippen molar-refractivity contribution in [2.75, 3.05) is 13.1 Å². The highest BCUT2D eigenvalue weighted by molar-refractivity contribution is 5.78. The highest BCUT2D eigenvalue weighted by atomic mass is 19.2. The Kier molecular flexibility index (Phi) is 4.88. The van der Waals surface area contributed by atoms with E-state index in [1.165, 1.54) is 6.07 Å². The van der Waals surface area contributed by atoms with Gasteiger partial charge in [0.15, 0.2) is 11.6 Å². The van der Waals surface area contributed by atoms with E-state index >= 15 is 0 Å². The minimum atomic E-state index is -0.886. The molecule has 4 nitrogen and oxygen atoms in total. The number of carboxylic acids is 1. The number of nitrogens with zero attached hydrogens (tertiary/aromatic N) is 1. The van der Waals surface area contributed by atoms with Crippen LogP contribution in [0, 0.1) is 17.6 Å². The zero-order valence-electron chi connectivity index (χ0n) is 11.5. The predicted molar refractivity (Wildman–Crippen MR) is 71.6 cm³/mol. The topological polar surface area (TPSA) is 57.6 Å². The van der Waals surface area contributed by atoms with Crippen LogP contribution in [-0.4, -0.2) is 35.0 Å². The number of halogens is 2. The van der Waals surface area contributed by atoms with Gasteiger partial charge in [0.05, 0.1) is 5.92 Å². The van der Waals surface area contributed by atoms with E-state index in [0.29, 0.717) is 31.4 Å². The third-order valence-electron chi connectivity index (χ3n) is 3.73. The van der Waals surface area contributed by atoms with Crippen molar-refractivity contribution < 1.29 is 23.5 Å². The van der Waals surface area contributed by atoms with Crippen LogP contribution in [0.4, 0.5) is 8.78 Å². The van der Waals surface area contributed by atoms with Gasteiger partial charge in [0.1, 0.15) is 0 Å². The summed E-state index contributed by atoms with van der Waals surface area (Å²) >= 11 is 0. The molecule has 1 fully saturated rings. The Morgan fingerprint density at radius 2 is 2.05 bits per heavy atom. The van der Waals surface area contributed by atoms with Gasteiger partial charge in [-0.1, -0.05) is 6.07 Å². The molecule has 0 radical (unpaired) electrons. The van der Waals surface area contributed by atoms with E-state index in [0.717, 1.165) is 12.1 Å². The third-order valence-corrected chi connectivity index (χ3v) is 3.73. The molecule has 1 N–H and O–H groups in total. The van der Waals surface area contributed by atoms with Gasteiger partial charge >= 0.3 is 5.97 Å². The minimum absolute atomic E-state index is 0.0821. The van der Waals surface area contributed by atoms with E-state index in [4.69, 9.17) is 5.11 Å². The minimum Gasteiger partial charge on any atom is -0.481 e. The number of carbonyl (C=O) groups is 2. The van der Waals surface area contributed by atoms with Crippen molar-refractivity contribution in [1.29, 1.82) is 0 Å². The van der Waals surface area contributed by atoms with E-state index in [2.05, 4.69) is 0 Å². The maximum atomic E-state index is 13.0. The number of hydrogen-bond acceptors (Lipinski definition) is 2. The monoisotopic (exact) mass is 297 g/mol. The fourth-order valence-corrected chi connectivity index (χ4v) is 2.49. The molecule has 1 amide bonds. The molecule has 1 aliphatic heterocycles. The molecule has 1 aromatic carbocycles. The number of hydrogen-bond donors (Lipinski definition) is 1. The lowest BCUT2D eigenvalue weighted by atomic mass is 10.1. The van der Waals surface area contributed by atoms with E-state index in [9.17, 15) is 18.4 Å². The number of aliphatic carboxylic acids is 1. The molecule has 1 unspecified atom stereocenters. The molecule has 0 spiro atoms. The summed E-state index contributed by atoms with van der Waals surface area (Å²) in [4.78, 5) is 24.3. The molecule has 1 saturated heterocycles. The first-order valence-electron chi connectivity index (χ1n) is 6.92. The lowest BCUT2D eigenvalue weighted by Crippen LogP contribution is -2.29. The molecule has 2 rings (SSSR count). The Morgan fingerprint density at radius 1 is 1.29 bits per heavy atom. The maximum Gasteiger partial charge on any atom is 0.308 e. The van der Waals surface area contributed by atoms with Gasteiger partial charge in [-0.2, -0.15) is 0 Å². The molecule has 0 saturated carbocycles. The predicted octanol–water partition coefficient (Wildman–Crippen LogP) is 2.22. The summed E-state index contributed by atoms with van der Waals surface area (Å²) in [6.07, 6.45) is 1.78. The van der Waals surface area contributed by atoms with Crippen molar-refractivity contribution in [1.82, 2.24) is 4.90 Å². The van der Waals surface area contributed by atoms with Gasteiger partial charge in [-0.05, 0) is 37.0 Å². The third kappa shape index (κ3) is 4.00. The van der Waals surface area contributed by atoms with Crippen LogP contribution in [-0.2, 0) is 16.0 Å². The SMILES string of the molecule is O=C(O)C1CCN(C(=O)CCCc2ccc(F)c(F)c2)C1. The Bertz CT molecular complexity index is 548. The first-order valence-corrected chi connectivity index (χ1v) is 6.92. The van der Waals surface area contributed by atoms with Crippen LogP contribution >= 0.6 is 0 Å². The van der Waals surface area contributed by atoms with Crippen LogP contribution in [0.2, 0.25) is 0 Å². The van der Waals surface area contributed by atoms with Gasteiger partial charge < -0.3 is 10.0 Å². The second-order valence-electron chi connectivity index (χ2n) is 5.27. The zero-order chi connectivity index (χ0) is 15.4. The van der Waals surface area contributed by atoms with E-state index < -0.39 is 23.5 Å². The molecule has 21 heavy (non-hydrogen) atoms. The summed E-state index contributed by atoms with van der Waals surface area (Å²) in [7, 11) is 0. The average Bonchev–Trinajstić information content (AvgIpc) is 2.92. The zero-order valence-corrected chi connectivity index (χ0v) is 11.5. The van der Waals surface area contributed by atoms with Crippen LogP contribution in [0.5, 0.6) is 0 Å². The molecule has 1 heterocycles. The van der Waals surface area contributed by atoms with Crippen molar-refractivity contribution in [3.05, 3.63) is 35.4 Å². The molecular weight excluding hydrogens is 280 g/mol.